The molecule has 0 radical (unpaired) electrons. The van der Waals surface area contributed by atoms with Crippen LogP contribution in [0.4, 0.5) is 0 Å². The molecule has 2 aromatic heterocycles. The maximum atomic E-state index is 5.85. The van der Waals surface area contributed by atoms with Crippen LogP contribution in [0, 0.1) is 27.7 Å². The number of nitrogens with zero attached hydrogens (tertiary/aromatic N) is 2. The average Bonchev–Trinajstić information content (AvgIpc) is 2.83. The zero-order valence-electron chi connectivity index (χ0n) is 13.4. The number of furan rings is 1. The van der Waals surface area contributed by atoms with Gasteiger partial charge in [-0.25, -0.2) is 0 Å². The number of aromatic nitrogens is 2. The lowest BCUT2D eigenvalue weighted by Crippen LogP contribution is -2.21. The van der Waals surface area contributed by atoms with Crippen molar-refractivity contribution >= 4 is 0 Å². The fourth-order valence-electron chi connectivity index (χ4n) is 2.24. The molecule has 4 nitrogen and oxygen atoms in total. The van der Waals surface area contributed by atoms with Gasteiger partial charge in [0.2, 0.25) is 0 Å². The zero-order valence-corrected chi connectivity index (χ0v) is 13.4. The van der Waals surface area contributed by atoms with E-state index >= 15 is 0 Å². The van der Waals surface area contributed by atoms with Crippen LogP contribution in [-0.4, -0.2) is 15.8 Å². The van der Waals surface area contributed by atoms with Crippen LogP contribution < -0.4 is 5.32 Å². The molecule has 20 heavy (non-hydrogen) atoms. The van der Waals surface area contributed by atoms with E-state index in [9.17, 15) is 0 Å². The lowest BCUT2D eigenvalue weighted by atomic mass is 10.2. The largest absolute Gasteiger partial charge is 0.464 e. The normalized spacial score (nSPS) is 11.6. The van der Waals surface area contributed by atoms with Crippen LogP contribution in [-0.2, 0) is 13.1 Å². The standard InChI is InChI=1S/C16H25N3O/c1-10(2)17-8-15-7-16(20-14(15)6)9-19-13(5)11(3)12(4)18-19/h7,10,17H,8-9H2,1-6H3. The highest BCUT2D eigenvalue weighted by atomic mass is 16.3. The molecule has 0 aliphatic carbocycles. The minimum Gasteiger partial charge on any atom is -0.464 e. The summed E-state index contributed by atoms with van der Waals surface area (Å²) < 4.78 is 7.87. The van der Waals surface area contributed by atoms with E-state index in [2.05, 4.69) is 44.2 Å². The molecule has 4 heteroatoms. The third-order valence-electron chi connectivity index (χ3n) is 3.82. The highest BCUT2D eigenvalue weighted by Crippen LogP contribution is 2.18. The summed E-state index contributed by atoms with van der Waals surface area (Å²) in [5.41, 5.74) is 4.79. The Morgan fingerprint density at radius 1 is 1.25 bits per heavy atom. The Labute approximate surface area is 121 Å². The lowest BCUT2D eigenvalue weighted by Gasteiger charge is -2.06. The monoisotopic (exact) mass is 275 g/mol. The summed E-state index contributed by atoms with van der Waals surface area (Å²) in [5.74, 6) is 1.96. The Kier molecular flexibility index (Phi) is 4.33. The third-order valence-corrected chi connectivity index (χ3v) is 3.82. The van der Waals surface area contributed by atoms with Gasteiger partial charge >= 0.3 is 0 Å². The van der Waals surface area contributed by atoms with Crippen molar-refractivity contribution in [3.8, 4) is 0 Å². The maximum absolute atomic E-state index is 5.85. The molecule has 0 aliphatic heterocycles. The van der Waals surface area contributed by atoms with Crippen LogP contribution in [0.2, 0.25) is 0 Å². The highest BCUT2D eigenvalue weighted by molar-refractivity contribution is 5.24. The van der Waals surface area contributed by atoms with Crippen LogP contribution in [0.25, 0.3) is 0 Å². The molecule has 0 unspecified atom stereocenters. The van der Waals surface area contributed by atoms with Gasteiger partial charge in [-0.3, -0.25) is 4.68 Å². The van der Waals surface area contributed by atoms with Crippen LogP contribution in [0.15, 0.2) is 10.5 Å². The van der Waals surface area contributed by atoms with Crippen molar-refractivity contribution < 1.29 is 4.42 Å². The molecular formula is C16H25N3O. The Morgan fingerprint density at radius 3 is 2.50 bits per heavy atom. The van der Waals surface area contributed by atoms with E-state index in [1.807, 2.05) is 18.5 Å². The summed E-state index contributed by atoms with van der Waals surface area (Å²) >= 11 is 0. The van der Waals surface area contributed by atoms with Crippen LogP contribution in [0.5, 0.6) is 0 Å². The minimum absolute atomic E-state index is 0.478. The Hall–Kier alpha value is -1.55. The first-order chi connectivity index (χ1) is 9.38. The predicted molar refractivity (Wildman–Crippen MR) is 81.0 cm³/mol. The van der Waals surface area contributed by atoms with Gasteiger partial charge in [-0.05, 0) is 39.3 Å². The fraction of sp³-hybridized carbons (Fsp3) is 0.562. The van der Waals surface area contributed by atoms with Crippen molar-refractivity contribution in [3.05, 3.63) is 40.1 Å². The van der Waals surface area contributed by atoms with Gasteiger partial charge in [-0.15, -0.1) is 0 Å². The molecule has 1 N–H and O–H groups in total. The van der Waals surface area contributed by atoms with Crippen molar-refractivity contribution in [2.45, 2.75) is 60.7 Å². The molecule has 0 atom stereocenters. The summed E-state index contributed by atoms with van der Waals surface area (Å²) in [7, 11) is 0. The Balaban J connectivity index is 2.14. The molecule has 0 bridgehead atoms. The molecule has 2 heterocycles. The molecule has 0 saturated carbocycles. The maximum Gasteiger partial charge on any atom is 0.125 e. The van der Waals surface area contributed by atoms with Crippen molar-refractivity contribution in [2.24, 2.45) is 0 Å². The second kappa shape index (κ2) is 5.83. The molecular weight excluding hydrogens is 250 g/mol. The van der Waals surface area contributed by atoms with Crippen LogP contribution in [0.1, 0.15) is 47.9 Å². The lowest BCUT2D eigenvalue weighted by molar-refractivity contribution is 0.452. The van der Waals surface area contributed by atoms with Gasteiger partial charge in [0.15, 0.2) is 0 Å². The molecule has 2 aromatic rings. The van der Waals surface area contributed by atoms with E-state index in [0.717, 1.165) is 23.8 Å². The number of hydrogen-bond acceptors (Lipinski definition) is 3. The highest BCUT2D eigenvalue weighted by Gasteiger charge is 2.12. The van der Waals surface area contributed by atoms with Crippen LogP contribution in [0.3, 0.4) is 0 Å². The minimum atomic E-state index is 0.478. The van der Waals surface area contributed by atoms with Gasteiger partial charge < -0.3 is 9.73 Å². The average molecular weight is 275 g/mol. The van der Waals surface area contributed by atoms with Crippen molar-refractivity contribution in [3.63, 3.8) is 0 Å². The van der Waals surface area contributed by atoms with Gasteiger partial charge in [-0.1, -0.05) is 13.8 Å². The van der Waals surface area contributed by atoms with E-state index in [0.29, 0.717) is 12.6 Å². The molecule has 0 fully saturated rings. The second-order valence-electron chi connectivity index (χ2n) is 5.78. The number of hydrogen-bond donors (Lipinski definition) is 1. The molecule has 2 rings (SSSR count). The molecule has 0 saturated heterocycles. The van der Waals surface area contributed by atoms with Crippen LogP contribution >= 0.6 is 0 Å². The summed E-state index contributed by atoms with van der Waals surface area (Å²) in [6, 6.07) is 2.61. The first-order valence-electron chi connectivity index (χ1n) is 7.20. The van der Waals surface area contributed by atoms with Crippen molar-refractivity contribution in [1.82, 2.24) is 15.1 Å². The summed E-state index contributed by atoms with van der Waals surface area (Å²) in [4.78, 5) is 0. The molecule has 0 aliphatic rings. The molecule has 110 valence electrons. The number of aryl methyl sites for hydroxylation is 2. The summed E-state index contributed by atoms with van der Waals surface area (Å²) in [5, 5.41) is 7.98. The summed E-state index contributed by atoms with van der Waals surface area (Å²) in [6.45, 7) is 14.1. The van der Waals surface area contributed by atoms with E-state index in [4.69, 9.17) is 4.42 Å². The van der Waals surface area contributed by atoms with E-state index in [1.54, 1.807) is 0 Å². The van der Waals surface area contributed by atoms with Gasteiger partial charge in [0.05, 0.1) is 12.2 Å². The Bertz CT molecular complexity index is 593. The Morgan fingerprint density at radius 2 is 1.95 bits per heavy atom. The predicted octanol–water partition coefficient (Wildman–Crippen LogP) is 3.26. The van der Waals surface area contributed by atoms with E-state index < -0.39 is 0 Å². The quantitative estimate of drug-likeness (QED) is 0.911. The number of rotatable bonds is 5. The SMILES string of the molecule is Cc1nn(Cc2cc(CNC(C)C)c(C)o2)c(C)c1C. The second-order valence-corrected chi connectivity index (χ2v) is 5.78. The topological polar surface area (TPSA) is 43.0 Å². The third kappa shape index (κ3) is 3.12. The smallest absolute Gasteiger partial charge is 0.125 e. The molecule has 0 amide bonds. The fourth-order valence-corrected chi connectivity index (χ4v) is 2.24. The summed E-state index contributed by atoms with van der Waals surface area (Å²) in [6.07, 6.45) is 0. The molecule has 0 aromatic carbocycles. The van der Waals surface area contributed by atoms with Crippen molar-refractivity contribution in [1.29, 1.82) is 0 Å². The van der Waals surface area contributed by atoms with E-state index in [-0.39, 0.29) is 0 Å². The van der Waals surface area contributed by atoms with Gasteiger partial charge in [0.25, 0.3) is 0 Å². The van der Waals surface area contributed by atoms with E-state index in [1.165, 1.54) is 16.8 Å². The van der Waals surface area contributed by atoms with Gasteiger partial charge in [0, 0.05) is 23.8 Å². The zero-order chi connectivity index (χ0) is 14.9. The van der Waals surface area contributed by atoms with Gasteiger partial charge in [0.1, 0.15) is 11.5 Å². The van der Waals surface area contributed by atoms with Crippen molar-refractivity contribution in [2.75, 3.05) is 0 Å². The first-order valence-corrected chi connectivity index (χ1v) is 7.20. The first kappa shape index (κ1) is 14.9. The molecule has 0 spiro atoms. The number of nitrogens with one attached hydrogen (secondary N) is 1. The van der Waals surface area contributed by atoms with Gasteiger partial charge in [-0.2, -0.15) is 5.10 Å².